The number of aromatic nitrogens is 2. The Balaban J connectivity index is 1.29. The second kappa shape index (κ2) is 10.6. The number of ether oxygens (including phenoxy) is 1. The van der Waals surface area contributed by atoms with Gasteiger partial charge in [0.05, 0.1) is 18.6 Å². The molecule has 0 saturated carbocycles. The number of nitrogens with one attached hydrogen (secondary N) is 1. The summed E-state index contributed by atoms with van der Waals surface area (Å²) < 4.78 is 5.20. The molecule has 0 spiro atoms. The molecule has 160 valence electrons. The summed E-state index contributed by atoms with van der Waals surface area (Å²) in [5.41, 5.74) is 5.14. The van der Waals surface area contributed by atoms with Crippen LogP contribution >= 0.6 is 11.8 Å². The van der Waals surface area contributed by atoms with Gasteiger partial charge in [-0.3, -0.25) is 4.79 Å². The van der Waals surface area contributed by atoms with Gasteiger partial charge in [0, 0.05) is 12.1 Å². The van der Waals surface area contributed by atoms with E-state index in [9.17, 15) is 4.79 Å². The van der Waals surface area contributed by atoms with E-state index >= 15 is 0 Å². The molecule has 0 radical (unpaired) electrons. The van der Waals surface area contributed by atoms with E-state index in [1.165, 1.54) is 17.3 Å². The number of carbonyl (C=O) groups is 1. The fraction of sp³-hybridized carbons (Fsp3) is 0.115. The quantitative estimate of drug-likeness (QED) is 0.380. The molecular formula is C26H23N3O2S. The number of hydrogen-bond acceptors (Lipinski definition) is 5. The third kappa shape index (κ3) is 5.74. The SMILES string of the molecule is COc1cccc(CNC(=O)CSc2ccc(-c3ccc(-c4ccccc4)cc3)nn2)c1. The monoisotopic (exact) mass is 441 g/mol. The van der Waals surface area contributed by atoms with Crippen molar-refractivity contribution < 1.29 is 9.53 Å². The van der Waals surface area contributed by atoms with E-state index in [1.807, 2.05) is 66.7 Å². The molecule has 0 aliphatic carbocycles. The molecule has 1 amide bonds. The summed E-state index contributed by atoms with van der Waals surface area (Å²) in [7, 11) is 1.63. The van der Waals surface area contributed by atoms with E-state index in [0.29, 0.717) is 11.6 Å². The largest absolute Gasteiger partial charge is 0.497 e. The lowest BCUT2D eigenvalue weighted by Crippen LogP contribution is -2.24. The Morgan fingerprint density at radius 2 is 1.59 bits per heavy atom. The first kappa shape index (κ1) is 21.6. The van der Waals surface area contributed by atoms with Crippen molar-refractivity contribution in [1.82, 2.24) is 15.5 Å². The van der Waals surface area contributed by atoms with Crippen molar-refractivity contribution in [2.75, 3.05) is 12.9 Å². The van der Waals surface area contributed by atoms with Crippen molar-refractivity contribution in [2.24, 2.45) is 0 Å². The van der Waals surface area contributed by atoms with Crippen molar-refractivity contribution in [3.8, 4) is 28.1 Å². The molecule has 4 rings (SSSR count). The summed E-state index contributed by atoms with van der Waals surface area (Å²) in [4.78, 5) is 12.2. The zero-order chi connectivity index (χ0) is 22.2. The molecule has 3 aromatic carbocycles. The Bertz CT molecular complexity index is 1160. The standard InChI is InChI=1S/C26H23N3O2S/c1-31-23-9-5-6-19(16-23)17-27-25(30)18-32-26-15-14-24(28-29-26)22-12-10-21(11-13-22)20-7-3-2-4-8-20/h2-16H,17-18H2,1H3,(H,27,30). The number of amides is 1. The van der Waals surface area contributed by atoms with Gasteiger partial charge in [-0.2, -0.15) is 0 Å². The zero-order valence-electron chi connectivity index (χ0n) is 17.7. The van der Waals surface area contributed by atoms with Crippen LogP contribution in [0.25, 0.3) is 22.4 Å². The second-order valence-electron chi connectivity index (χ2n) is 7.12. The molecule has 5 nitrogen and oxygen atoms in total. The maximum Gasteiger partial charge on any atom is 0.230 e. The second-order valence-corrected chi connectivity index (χ2v) is 8.11. The fourth-order valence-electron chi connectivity index (χ4n) is 3.19. The number of nitrogens with zero attached hydrogens (tertiary/aromatic N) is 2. The van der Waals surface area contributed by atoms with Gasteiger partial charge in [0.2, 0.25) is 5.91 Å². The first-order valence-corrected chi connectivity index (χ1v) is 11.2. The molecule has 0 unspecified atom stereocenters. The third-order valence-corrected chi connectivity index (χ3v) is 5.82. The molecule has 0 fully saturated rings. The predicted molar refractivity (Wildman–Crippen MR) is 128 cm³/mol. The molecule has 1 aromatic heterocycles. The summed E-state index contributed by atoms with van der Waals surface area (Å²) in [6.07, 6.45) is 0. The minimum Gasteiger partial charge on any atom is -0.497 e. The van der Waals surface area contributed by atoms with Crippen LogP contribution in [0, 0.1) is 0 Å². The van der Waals surface area contributed by atoms with E-state index in [4.69, 9.17) is 4.74 Å². The van der Waals surface area contributed by atoms with Gasteiger partial charge >= 0.3 is 0 Å². The summed E-state index contributed by atoms with van der Waals surface area (Å²) in [6.45, 7) is 0.459. The van der Waals surface area contributed by atoms with E-state index in [2.05, 4.69) is 39.8 Å². The number of carbonyl (C=O) groups excluding carboxylic acids is 1. The van der Waals surface area contributed by atoms with Crippen LogP contribution in [0.1, 0.15) is 5.56 Å². The van der Waals surface area contributed by atoms with E-state index in [-0.39, 0.29) is 11.7 Å². The van der Waals surface area contributed by atoms with Crippen LogP contribution in [0.5, 0.6) is 5.75 Å². The van der Waals surface area contributed by atoms with Crippen LogP contribution in [0.2, 0.25) is 0 Å². The van der Waals surface area contributed by atoms with Gasteiger partial charge in [0.25, 0.3) is 0 Å². The Morgan fingerprint density at radius 3 is 2.31 bits per heavy atom. The highest BCUT2D eigenvalue weighted by atomic mass is 32.2. The molecule has 1 heterocycles. The molecule has 1 N–H and O–H groups in total. The van der Waals surface area contributed by atoms with Gasteiger partial charge in [-0.25, -0.2) is 0 Å². The van der Waals surface area contributed by atoms with E-state index in [0.717, 1.165) is 28.1 Å². The first-order chi connectivity index (χ1) is 15.7. The molecular weight excluding hydrogens is 418 g/mol. The maximum atomic E-state index is 12.2. The molecule has 4 aromatic rings. The summed E-state index contributed by atoms with van der Waals surface area (Å²) >= 11 is 1.36. The first-order valence-electron chi connectivity index (χ1n) is 10.2. The molecule has 0 atom stereocenters. The number of thioether (sulfide) groups is 1. The average Bonchev–Trinajstić information content (AvgIpc) is 2.87. The molecule has 32 heavy (non-hydrogen) atoms. The average molecular weight is 442 g/mol. The third-order valence-electron chi connectivity index (χ3n) is 4.90. The highest BCUT2D eigenvalue weighted by Gasteiger charge is 2.07. The molecule has 0 aliphatic rings. The Labute approximate surface area is 191 Å². The number of hydrogen-bond donors (Lipinski definition) is 1. The molecule has 0 bridgehead atoms. The fourth-order valence-corrected chi connectivity index (χ4v) is 3.83. The Hall–Kier alpha value is -3.64. The minimum atomic E-state index is -0.0554. The van der Waals surface area contributed by atoms with Crippen molar-refractivity contribution >= 4 is 17.7 Å². The van der Waals surface area contributed by atoms with Crippen LogP contribution in [-0.4, -0.2) is 29.0 Å². The van der Waals surface area contributed by atoms with Crippen LogP contribution in [0.15, 0.2) is 96.0 Å². The predicted octanol–water partition coefficient (Wildman–Crippen LogP) is 5.23. The van der Waals surface area contributed by atoms with Gasteiger partial charge in [0.1, 0.15) is 10.8 Å². The Morgan fingerprint density at radius 1 is 0.844 bits per heavy atom. The minimum absolute atomic E-state index is 0.0554. The lowest BCUT2D eigenvalue weighted by Gasteiger charge is -2.07. The highest BCUT2D eigenvalue weighted by molar-refractivity contribution is 7.99. The zero-order valence-corrected chi connectivity index (χ0v) is 18.5. The van der Waals surface area contributed by atoms with Crippen LogP contribution in [0.4, 0.5) is 0 Å². The maximum absolute atomic E-state index is 12.2. The number of methoxy groups -OCH3 is 1. The van der Waals surface area contributed by atoms with Crippen molar-refractivity contribution in [3.63, 3.8) is 0 Å². The topological polar surface area (TPSA) is 64.1 Å². The summed E-state index contributed by atoms with van der Waals surface area (Å²) in [6, 6.07) is 30.0. The smallest absolute Gasteiger partial charge is 0.230 e. The van der Waals surface area contributed by atoms with Crippen molar-refractivity contribution in [3.05, 3.63) is 96.6 Å². The summed E-state index contributed by atoms with van der Waals surface area (Å²) in [5.74, 6) is 1.00. The summed E-state index contributed by atoms with van der Waals surface area (Å²) in [5, 5.41) is 12.2. The van der Waals surface area contributed by atoms with Gasteiger partial charge in [0.15, 0.2) is 0 Å². The van der Waals surface area contributed by atoms with Gasteiger partial charge < -0.3 is 10.1 Å². The lowest BCUT2D eigenvalue weighted by atomic mass is 10.0. The van der Waals surface area contributed by atoms with Crippen molar-refractivity contribution in [1.29, 1.82) is 0 Å². The van der Waals surface area contributed by atoms with Gasteiger partial charge in [-0.1, -0.05) is 78.5 Å². The van der Waals surface area contributed by atoms with Crippen LogP contribution in [-0.2, 0) is 11.3 Å². The Kier molecular flexibility index (Phi) is 7.15. The van der Waals surface area contributed by atoms with Gasteiger partial charge in [-0.05, 0) is 41.0 Å². The highest BCUT2D eigenvalue weighted by Crippen LogP contribution is 2.24. The molecule has 0 saturated heterocycles. The molecule has 0 aliphatic heterocycles. The van der Waals surface area contributed by atoms with Crippen molar-refractivity contribution in [2.45, 2.75) is 11.6 Å². The lowest BCUT2D eigenvalue weighted by molar-refractivity contribution is -0.118. The molecule has 6 heteroatoms. The van der Waals surface area contributed by atoms with Gasteiger partial charge in [-0.15, -0.1) is 10.2 Å². The normalized spacial score (nSPS) is 10.5. The number of benzene rings is 3. The van der Waals surface area contributed by atoms with Crippen LogP contribution < -0.4 is 10.1 Å². The number of rotatable bonds is 8. The van der Waals surface area contributed by atoms with E-state index in [1.54, 1.807) is 7.11 Å². The van der Waals surface area contributed by atoms with Crippen LogP contribution in [0.3, 0.4) is 0 Å². The van der Waals surface area contributed by atoms with E-state index < -0.39 is 0 Å².